The fourth-order valence-electron chi connectivity index (χ4n) is 6.72. The molecule has 0 aliphatic carbocycles. The minimum atomic E-state index is -0.441. The average molecular weight is 742 g/mol. The fourth-order valence-corrected chi connectivity index (χ4v) is 6.72. The zero-order valence-electron chi connectivity index (χ0n) is 35.3. The van der Waals surface area contributed by atoms with Crippen LogP contribution in [0.15, 0.2) is 0 Å². The Hall–Kier alpha value is -0.890. The Morgan fingerprint density at radius 2 is 0.788 bits per heavy atom. The van der Waals surface area contributed by atoms with Crippen molar-refractivity contribution in [2.24, 2.45) is 0 Å². The van der Waals surface area contributed by atoms with Crippen LogP contribution in [0.5, 0.6) is 0 Å². The lowest BCUT2D eigenvalue weighted by Crippen LogP contribution is -2.37. The largest absolute Gasteiger partial charge is 0.447 e. The van der Waals surface area contributed by atoms with E-state index in [0.29, 0.717) is 39.6 Å². The van der Waals surface area contributed by atoms with Crippen molar-refractivity contribution in [2.75, 3.05) is 59.9 Å². The summed E-state index contributed by atoms with van der Waals surface area (Å²) in [6, 6.07) is 0. The third-order valence-corrected chi connectivity index (χ3v) is 10.2. The molecule has 0 bridgehead atoms. The topological polar surface area (TPSA) is 75.3 Å². The van der Waals surface area contributed by atoms with Crippen molar-refractivity contribution in [1.82, 2.24) is 5.32 Å². The molecule has 52 heavy (non-hydrogen) atoms. The summed E-state index contributed by atoms with van der Waals surface area (Å²) in [5.41, 5.74) is 0. The predicted molar refractivity (Wildman–Crippen MR) is 222 cm³/mol. The molecule has 1 atom stereocenters. The van der Waals surface area contributed by atoms with Gasteiger partial charge < -0.3 is 29.0 Å². The van der Waals surface area contributed by atoms with E-state index in [1.54, 1.807) is 7.11 Å². The molecule has 312 valence electrons. The third kappa shape index (κ3) is 43.5. The SMILES string of the molecule is CCCCCCCCCCCCCCCCCCOCC(CNC(=O)OCCOCCOC)OCCCCCCCCCCCCCCCCCC. The van der Waals surface area contributed by atoms with Crippen LogP contribution >= 0.6 is 0 Å². The second-order valence-electron chi connectivity index (χ2n) is 15.3. The summed E-state index contributed by atoms with van der Waals surface area (Å²) in [5, 5.41) is 2.85. The minimum absolute atomic E-state index is 0.164. The van der Waals surface area contributed by atoms with Crippen LogP contribution in [0.25, 0.3) is 0 Å². The molecule has 0 aromatic heterocycles. The van der Waals surface area contributed by atoms with Gasteiger partial charge in [-0.3, -0.25) is 0 Å². The fraction of sp³-hybridized carbons (Fsp3) is 0.978. The van der Waals surface area contributed by atoms with Gasteiger partial charge in [-0.1, -0.05) is 206 Å². The molecule has 1 amide bonds. The highest BCUT2D eigenvalue weighted by molar-refractivity contribution is 5.67. The van der Waals surface area contributed by atoms with Gasteiger partial charge >= 0.3 is 6.09 Å². The van der Waals surface area contributed by atoms with Gasteiger partial charge in [0, 0.05) is 26.9 Å². The van der Waals surface area contributed by atoms with Crippen LogP contribution in [0.1, 0.15) is 219 Å². The number of hydrogen-bond acceptors (Lipinski definition) is 6. The van der Waals surface area contributed by atoms with E-state index in [4.69, 9.17) is 23.7 Å². The maximum Gasteiger partial charge on any atom is 0.407 e. The summed E-state index contributed by atoms with van der Waals surface area (Å²) < 4.78 is 27.8. The molecule has 7 heteroatoms. The van der Waals surface area contributed by atoms with Gasteiger partial charge in [0.05, 0.1) is 32.5 Å². The number of rotatable bonds is 45. The molecule has 0 heterocycles. The first-order chi connectivity index (χ1) is 25.7. The molecule has 0 aliphatic rings. The van der Waals surface area contributed by atoms with Crippen LogP contribution in [0, 0.1) is 0 Å². The Labute approximate surface area is 324 Å². The zero-order valence-corrected chi connectivity index (χ0v) is 35.3. The molecule has 0 aromatic rings. The maximum absolute atomic E-state index is 12.2. The molecular formula is C45H91NO6. The molecule has 1 unspecified atom stereocenters. The molecule has 7 nitrogen and oxygen atoms in total. The standard InChI is InChI=1S/C45H91NO6/c1-4-6-8-10-12-14-16-18-20-22-24-26-28-30-32-34-36-50-43-44(42-46-45(47)52-41-40-49-39-38-48-3)51-37-35-33-31-29-27-25-23-21-19-17-15-13-11-9-7-5-2/h44H,4-43H2,1-3H3,(H,46,47). The summed E-state index contributed by atoms with van der Waals surface area (Å²) in [4.78, 5) is 12.2. The van der Waals surface area contributed by atoms with E-state index < -0.39 is 6.09 Å². The van der Waals surface area contributed by atoms with Crippen molar-refractivity contribution in [3.63, 3.8) is 0 Å². The van der Waals surface area contributed by atoms with E-state index >= 15 is 0 Å². The second kappa shape index (κ2) is 46.3. The summed E-state index contributed by atoms with van der Waals surface area (Å²) in [5.74, 6) is 0. The van der Waals surface area contributed by atoms with Gasteiger partial charge in [0.1, 0.15) is 6.61 Å². The van der Waals surface area contributed by atoms with Gasteiger partial charge in [0.25, 0.3) is 0 Å². The monoisotopic (exact) mass is 742 g/mol. The van der Waals surface area contributed by atoms with Crippen molar-refractivity contribution >= 4 is 6.09 Å². The highest BCUT2D eigenvalue weighted by Gasteiger charge is 2.12. The number of unbranched alkanes of at least 4 members (excludes halogenated alkanes) is 30. The van der Waals surface area contributed by atoms with Crippen LogP contribution in [0.3, 0.4) is 0 Å². The first-order valence-electron chi connectivity index (χ1n) is 22.9. The molecule has 0 aromatic carbocycles. The van der Waals surface area contributed by atoms with Crippen LogP contribution in [0.4, 0.5) is 4.79 Å². The summed E-state index contributed by atoms with van der Waals surface area (Å²) >= 11 is 0. The Bertz CT molecular complexity index is 666. The van der Waals surface area contributed by atoms with E-state index in [2.05, 4.69) is 19.2 Å². The molecule has 0 saturated heterocycles. The number of methoxy groups -OCH3 is 1. The lowest BCUT2D eigenvalue weighted by atomic mass is 10.0. The number of carbonyl (C=O) groups is 1. The van der Waals surface area contributed by atoms with Crippen LogP contribution in [0.2, 0.25) is 0 Å². The number of nitrogens with one attached hydrogen (secondary N) is 1. The van der Waals surface area contributed by atoms with Crippen LogP contribution in [-0.4, -0.2) is 72.1 Å². The van der Waals surface area contributed by atoms with E-state index in [-0.39, 0.29) is 12.7 Å². The molecule has 0 saturated carbocycles. The molecule has 0 aliphatic heterocycles. The van der Waals surface area contributed by atoms with Crippen LogP contribution < -0.4 is 5.32 Å². The van der Waals surface area contributed by atoms with Crippen molar-refractivity contribution in [1.29, 1.82) is 0 Å². The van der Waals surface area contributed by atoms with Gasteiger partial charge in [-0.2, -0.15) is 0 Å². The molecule has 0 fully saturated rings. The van der Waals surface area contributed by atoms with Gasteiger partial charge in [0.15, 0.2) is 0 Å². The van der Waals surface area contributed by atoms with Crippen LogP contribution in [-0.2, 0) is 23.7 Å². The number of carbonyl (C=O) groups excluding carboxylic acids is 1. The zero-order chi connectivity index (χ0) is 37.7. The van der Waals surface area contributed by atoms with E-state index in [1.807, 2.05) is 0 Å². The molecule has 0 rings (SSSR count). The smallest absolute Gasteiger partial charge is 0.407 e. The second-order valence-corrected chi connectivity index (χ2v) is 15.3. The van der Waals surface area contributed by atoms with Gasteiger partial charge in [-0.05, 0) is 12.8 Å². The van der Waals surface area contributed by atoms with Crippen molar-refractivity contribution in [3.05, 3.63) is 0 Å². The predicted octanol–water partition coefficient (Wildman–Crippen LogP) is 13.3. The van der Waals surface area contributed by atoms with Crippen molar-refractivity contribution < 1.29 is 28.5 Å². The number of hydrogen-bond donors (Lipinski definition) is 1. The van der Waals surface area contributed by atoms with E-state index in [9.17, 15) is 4.79 Å². The number of alkyl carbamates (subject to hydrolysis) is 1. The maximum atomic E-state index is 12.2. The van der Waals surface area contributed by atoms with Gasteiger partial charge in [-0.15, -0.1) is 0 Å². The van der Waals surface area contributed by atoms with E-state index in [0.717, 1.165) is 19.4 Å². The third-order valence-electron chi connectivity index (χ3n) is 10.2. The highest BCUT2D eigenvalue weighted by atomic mass is 16.6. The van der Waals surface area contributed by atoms with Gasteiger partial charge in [0.2, 0.25) is 0 Å². The normalized spacial score (nSPS) is 12.1. The summed E-state index contributed by atoms with van der Waals surface area (Å²) in [7, 11) is 1.64. The minimum Gasteiger partial charge on any atom is -0.447 e. The number of ether oxygens (including phenoxy) is 5. The molecule has 0 spiro atoms. The lowest BCUT2D eigenvalue weighted by molar-refractivity contribution is -0.0180. The summed E-state index contributed by atoms with van der Waals surface area (Å²) in [6.07, 6.45) is 43.0. The lowest BCUT2D eigenvalue weighted by Gasteiger charge is -2.19. The first kappa shape index (κ1) is 51.1. The Balaban J connectivity index is 3.93. The molecule has 1 N–H and O–H groups in total. The Morgan fingerprint density at radius 3 is 1.19 bits per heavy atom. The molecular weight excluding hydrogens is 650 g/mol. The Kier molecular flexibility index (Phi) is 45.5. The number of amides is 1. The average Bonchev–Trinajstić information content (AvgIpc) is 3.15. The highest BCUT2D eigenvalue weighted by Crippen LogP contribution is 2.15. The van der Waals surface area contributed by atoms with Gasteiger partial charge in [-0.25, -0.2) is 4.79 Å². The van der Waals surface area contributed by atoms with Crippen molar-refractivity contribution in [2.45, 2.75) is 225 Å². The quantitative estimate of drug-likeness (QED) is 0.0626. The Morgan fingerprint density at radius 1 is 0.423 bits per heavy atom. The van der Waals surface area contributed by atoms with E-state index in [1.165, 1.54) is 193 Å². The summed E-state index contributed by atoms with van der Waals surface area (Å²) in [6.45, 7) is 8.52. The molecule has 0 radical (unpaired) electrons. The van der Waals surface area contributed by atoms with Crippen molar-refractivity contribution in [3.8, 4) is 0 Å². The first-order valence-corrected chi connectivity index (χ1v) is 22.9.